The molecule has 18 heavy (non-hydrogen) atoms. The molecule has 96 valence electrons. The number of ether oxygens (including phenoxy) is 1. The highest BCUT2D eigenvalue weighted by Crippen LogP contribution is 2.12. The summed E-state index contributed by atoms with van der Waals surface area (Å²) in [6.07, 6.45) is 0. The summed E-state index contributed by atoms with van der Waals surface area (Å²) in [4.78, 5) is 19.6. The minimum Gasteiger partial charge on any atom is -0.379 e. The molecule has 1 fully saturated rings. The van der Waals surface area contributed by atoms with E-state index < -0.39 is 0 Å². The normalized spacial score (nSPS) is 17.4. The molecule has 0 spiro atoms. The Labute approximate surface area is 109 Å². The first-order chi connectivity index (χ1) is 8.74. The highest BCUT2D eigenvalue weighted by molar-refractivity contribution is 7.15. The lowest BCUT2D eigenvalue weighted by Crippen LogP contribution is -2.36. The van der Waals surface area contributed by atoms with E-state index in [1.807, 2.05) is 12.3 Å². The summed E-state index contributed by atoms with van der Waals surface area (Å²) < 4.78 is 6.97. The van der Waals surface area contributed by atoms with Gasteiger partial charge in [0.2, 0.25) is 0 Å². The van der Waals surface area contributed by atoms with Crippen LogP contribution in [0.4, 0.5) is 0 Å². The number of hydrogen-bond donors (Lipinski definition) is 0. The number of aryl methyl sites for hydroxylation is 1. The maximum absolute atomic E-state index is 12.0. The van der Waals surface area contributed by atoms with E-state index in [0.717, 1.165) is 49.2 Å². The Balaban J connectivity index is 1.90. The van der Waals surface area contributed by atoms with Crippen molar-refractivity contribution < 1.29 is 4.74 Å². The maximum Gasteiger partial charge on any atom is 0.259 e. The molecule has 0 unspecified atom stereocenters. The van der Waals surface area contributed by atoms with Crippen LogP contribution in [0.25, 0.3) is 4.96 Å². The second-order valence-electron chi connectivity index (χ2n) is 4.47. The van der Waals surface area contributed by atoms with Gasteiger partial charge in [-0.3, -0.25) is 14.1 Å². The molecular formula is C12H15N3O2S. The third-order valence-electron chi connectivity index (χ3n) is 3.12. The summed E-state index contributed by atoms with van der Waals surface area (Å²) in [5.74, 6) is 0. The molecule has 0 atom stereocenters. The lowest BCUT2D eigenvalue weighted by molar-refractivity contribution is 0.0336. The molecule has 6 heteroatoms. The summed E-state index contributed by atoms with van der Waals surface area (Å²) in [7, 11) is 0. The van der Waals surface area contributed by atoms with Crippen LogP contribution in [0.1, 0.15) is 11.4 Å². The maximum atomic E-state index is 12.0. The van der Waals surface area contributed by atoms with Crippen molar-refractivity contribution in [1.82, 2.24) is 14.3 Å². The van der Waals surface area contributed by atoms with Crippen LogP contribution in [0, 0.1) is 6.92 Å². The van der Waals surface area contributed by atoms with Gasteiger partial charge in [-0.2, -0.15) is 0 Å². The second kappa shape index (κ2) is 4.79. The standard InChI is InChI=1S/C12H15N3O2S/c1-9-8-18-12-13-10(6-11(16)15(9)12)7-14-2-4-17-5-3-14/h6,8H,2-5,7H2,1H3. The third-order valence-corrected chi connectivity index (χ3v) is 4.06. The summed E-state index contributed by atoms with van der Waals surface area (Å²) in [5.41, 5.74) is 1.82. The second-order valence-corrected chi connectivity index (χ2v) is 5.31. The largest absolute Gasteiger partial charge is 0.379 e. The van der Waals surface area contributed by atoms with Crippen molar-refractivity contribution in [1.29, 1.82) is 0 Å². The van der Waals surface area contributed by atoms with Crippen molar-refractivity contribution in [3.8, 4) is 0 Å². The van der Waals surface area contributed by atoms with Crippen LogP contribution in [0.15, 0.2) is 16.2 Å². The fourth-order valence-electron chi connectivity index (χ4n) is 2.17. The quantitative estimate of drug-likeness (QED) is 0.809. The van der Waals surface area contributed by atoms with Gasteiger partial charge in [-0.1, -0.05) is 0 Å². The molecule has 0 amide bonds. The minimum absolute atomic E-state index is 0.0157. The van der Waals surface area contributed by atoms with Crippen molar-refractivity contribution >= 4 is 16.3 Å². The topological polar surface area (TPSA) is 46.8 Å². The smallest absolute Gasteiger partial charge is 0.259 e. The summed E-state index contributed by atoms with van der Waals surface area (Å²) >= 11 is 1.51. The van der Waals surface area contributed by atoms with Crippen molar-refractivity contribution in [2.45, 2.75) is 13.5 Å². The highest BCUT2D eigenvalue weighted by Gasteiger charge is 2.13. The van der Waals surface area contributed by atoms with Crippen LogP contribution in [0.3, 0.4) is 0 Å². The van der Waals surface area contributed by atoms with Gasteiger partial charge in [-0.05, 0) is 6.92 Å². The van der Waals surface area contributed by atoms with E-state index in [0.29, 0.717) is 0 Å². The molecule has 0 aromatic carbocycles. The first-order valence-electron chi connectivity index (χ1n) is 6.01. The van der Waals surface area contributed by atoms with E-state index in [9.17, 15) is 4.79 Å². The molecule has 0 radical (unpaired) electrons. The number of morpholine rings is 1. The SMILES string of the molecule is Cc1csc2nc(CN3CCOCC3)cc(=O)n12. The number of thiazole rings is 1. The molecule has 0 bridgehead atoms. The van der Waals surface area contributed by atoms with Gasteiger partial charge in [0.15, 0.2) is 4.96 Å². The zero-order valence-corrected chi connectivity index (χ0v) is 11.1. The number of rotatable bonds is 2. The van der Waals surface area contributed by atoms with Gasteiger partial charge in [0.05, 0.1) is 18.9 Å². The Morgan fingerprint density at radius 1 is 1.44 bits per heavy atom. The molecule has 1 aliphatic heterocycles. The Morgan fingerprint density at radius 3 is 3.00 bits per heavy atom. The van der Waals surface area contributed by atoms with E-state index in [2.05, 4.69) is 9.88 Å². The Bertz CT molecular complexity index is 613. The molecule has 0 aliphatic carbocycles. The predicted octanol–water partition coefficient (Wildman–Crippen LogP) is 0.897. The van der Waals surface area contributed by atoms with E-state index in [1.54, 1.807) is 10.5 Å². The number of fused-ring (bicyclic) bond motifs is 1. The van der Waals surface area contributed by atoms with Gasteiger partial charge < -0.3 is 4.74 Å². The number of aromatic nitrogens is 2. The van der Waals surface area contributed by atoms with E-state index >= 15 is 0 Å². The average molecular weight is 265 g/mol. The molecule has 3 heterocycles. The Hall–Kier alpha value is -1.24. The zero-order chi connectivity index (χ0) is 12.5. The van der Waals surface area contributed by atoms with Gasteiger partial charge in [0.25, 0.3) is 5.56 Å². The van der Waals surface area contributed by atoms with Crippen molar-refractivity contribution in [3.63, 3.8) is 0 Å². The molecule has 0 N–H and O–H groups in total. The molecule has 1 aliphatic rings. The van der Waals surface area contributed by atoms with Gasteiger partial charge in [-0.15, -0.1) is 11.3 Å². The van der Waals surface area contributed by atoms with Gasteiger partial charge in [0, 0.05) is 36.8 Å². The third kappa shape index (κ3) is 2.19. The molecular weight excluding hydrogens is 250 g/mol. The molecule has 1 saturated heterocycles. The van der Waals surface area contributed by atoms with Crippen LogP contribution < -0.4 is 5.56 Å². The average Bonchev–Trinajstić information content (AvgIpc) is 2.72. The van der Waals surface area contributed by atoms with Crippen LogP contribution in [0.5, 0.6) is 0 Å². The van der Waals surface area contributed by atoms with Gasteiger partial charge in [0.1, 0.15) is 0 Å². The fourth-order valence-corrected chi connectivity index (χ4v) is 3.06. The predicted molar refractivity (Wildman–Crippen MR) is 70.2 cm³/mol. The van der Waals surface area contributed by atoms with Crippen LogP contribution >= 0.6 is 11.3 Å². The van der Waals surface area contributed by atoms with Crippen LogP contribution in [-0.4, -0.2) is 40.6 Å². The van der Waals surface area contributed by atoms with Crippen molar-refractivity contribution in [2.24, 2.45) is 0 Å². The summed E-state index contributed by atoms with van der Waals surface area (Å²) in [5, 5.41) is 1.96. The molecule has 0 saturated carbocycles. The van der Waals surface area contributed by atoms with Crippen molar-refractivity contribution in [3.05, 3.63) is 33.2 Å². The molecule has 3 rings (SSSR count). The summed E-state index contributed by atoms with van der Waals surface area (Å²) in [6, 6.07) is 1.64. The lowest BCUT2D eigenvalue weighted by Gasteiger charge is -2.25. The van der Waals surface area contributed by atoms with E-state index in [4.69, 9.17) is 4.74 Å². The first kappa shape index (κ1) is 11.8. The number of hydrogen-bond acceptors (Lipinski definition) is 5. The Kier molecular flexibility index (Phi) is 3.15. The van der Waals surface area contributed by atoms with Crippen LogP contribution in [0.2, 0.25) is 0 Å². The van der Waals surface area contributed by atoms with Gasteiger partial charge >= 0.3 is 0 Å². The molecule has 2 aromatic heterocycles. The fraction of sp³-hybridized carbons (Fsp3) is 0.500. The Morgan fingerprint density at radius 2 is 2.22 bits per heavy atom. The molecule has 5 nitrogen and oxygen atoms in total. The van der Waals surface area contributed by atoms with Crippen LogP contribution in [-0.2, 0) is 11.3 Å². The number of nitrogens with zero attached hydrogens (tertiary/aromatic N) is 3. The lowest BCUT2D eigenvalue weighted by atomic mass is 10.3. The summed E-state index contributed by atoms with van der Waals surface area (Å²) in [6.45, 7) is 5.99. The van der Waals surface area contributed by atoms with Gasteiger partial charge in [-0.25, -0.2) is 4.98 Å². The van der Waals surface area contributed by atoms with Crippen molar-refractivity contribution in [2.75, 3.05) is 26.3 Å². The monoisotopic (exact) mass is 265 g/mol. The minimum atomic E-state index is 0.0157. The zero-order valence-electron chi connectivity index (χ0n) is 10.3. The highest BCUT2D eigenvalue weighted by atomic mass is 32.1. The van der Waals surface area contributed by atoms with E-state index in [1.165, 1.54) is 11.3 Å². The van der Waals surface area contributed by atoms with E-state index in [-0.39, 0.29) is 5.56 Å². The molecule has 2 aromatic rings. The first-order valence-corrected chi connectivity index (χ1v) is 6.89.